The van der Waals surface area contributed by atoms with E-state index in [1.54, 1.807) is 0 Å². The largest absolute Gasteiger partial charge is 0.466 e. The van der Waals surface area contributed by atoms with Gasteiger partial charge in [-0.15, -0.1) is 0 Å². The summed E-state index contributed by atoms with van der Waals surface area (Å²) in [6, 6.07) is 10.6. The molecule has 3 nitrogen and oxygen atoms in total. The van der Waals surface area contributed by atoms with Crippen LogP contribution in [0.1, 0.15) is 44.1 Å². The van der Waals surface area contributed by atoms with Crippen LogP contribution >= 0.6 is 0 Å². The van der Waals surface area contributed by atoms with Gasteiger partial charge in [0.05, 0.1) is 7.11 Å². The lowest BCUT2D eigenvalue weighted by Gasteiger charge is -2.49. The van der Waals surface area contributed by atoms with E-state index in [-0.39, 0.29) is 11.5 Å². The maximum absolute atomic E-state index is 11.9. The first kappa shape index (κ1) is 15.3. The molecule has 1 aromatic carbocycles. The van der Waals surface area contributed by atoms with Crippen molar-refractivity contribution in [3.8, 4) is 0 Å². The highest BCUT2D eigenvalue weighted by Gasteiger charge is 2.40. The van der Waals surface area contributed by atoms with Crippen molar-refractivity contribution in [3.05, 3.63) is 47.5 Å². The Balaban J connectivity index is 1.84. The van der Waals surface area contributed by atoms with Gasteiger partial charge < -0.3 is 4.74 Å². The molecule has 3 heteroatoms. The summed E-state index contributed by atoms with van der Waals surface area (Å²) >= 11 is 0. The van der Waals surface area contributed by atoms with Crippen LogP contribution in [0.4, 0.5) is 0 Å². The molecule has 0 radical (unpaired) electrons. The zero-order chi connectivity index (χ0) is 15.4. The van der Waals surface area contributed by atoms with Crippen molar-refractivity contribution < 1.29 is 9.53 Å². The molecular formula is C19H25NO2. The molecule has 0 unspecified atom stereocenters. The van der Waals surface area contributed by atoms with E-state index in [0.29, 0.717) is 6.54 Å². The van der Waals surface area contributed by atoms with Crippen molar-refractivity contribution in [2.24, 2.45) is 0 Å². The van der Waals surface area contributed by atoms with Crippen molar-refractivity contribution in [3.63, 3.8) is 0 Å². The first-order valence-electron chi connectivity index (χ1n) is 8.30. The van der Waals surface area contributed by atoms with E-state index in [0.717, 1.165) is 18.5 Å². The molecule has 0 saturated heterocycles. The third kappa shape index (κ3) is 3.09. The molecule has 2 aliphatic rings. The zero-order valence-corrected chi connectivity index (χ0v) is 13.4. The van der Waals surface area contributed by atoms with Crippen LogP contribution in [0.2, 0.25) is 0 Å². The van der Waals surface area contributed by atoms with Gasteiger partial charge in [0.15, 0.2) is 0 Å². The molecule has 1 aliphatic carbocycles. The Labute approximate surface area is 133 Å². The Kier molecular flexibility index (Phi) is 4.63. The molecular weight excluding hydrogens is 274 g/mol. The third-order valence-electron chi connectivity index (χ3n) is 5.21. The van der Waals surface area contributed by atoms with Crippen molar-refractivity contribution in [2.45, 2.75) is 50.6 Å². The number of hydrogen-bond acceptors (Lipinski definition) is 3. The first-order valence-corrected chi connectivity index (χ1v) is 8.30. The minimum atomic E-state index is -0.177. The maximum atomic E-state index is 11.9. The van der Waals surface area contributed by atoms with Gasteiger partial charge in [0, 0.05) is 24.2 Å². The van der Waals surface area contributed by atoms with Gasteiger partial charge in [-0.2, -0.15) is 0 Å². The number of esters is 1. The quantitative estimate of drug-likeness (QED) is 0.797. The normalized spacial score (nSPS) is 21.4. The number of methoxy groups -OCH3 is 1. The smallest absolute Gasteiger partial charge is 0.334 e. The van der Waals surface area contributed by atoms with Gasteiger partial charge >= 0.3 is 5.97 Å². The number of nitrogens with zero attached hydrogens (tertiary/aromatic N) is 1. The Bertz CT molecular complexity index is 544. The van der Waals surface area contributed by atoms with E-state index >= 15 is 0 Å². The topological polar surface area (TPSA) is 29.5 Å². The monoisotopic (exact) mass is 299 g/mol. The molecule has 0 bridgehead atoms. The molecule has 0 N–H and O–H groups in total. The van der Waals surface area contributed by atoms with Gasteiger partial charge in [-0.05, 0) is 24.8 Å². The molecule has 1 fully saturated rings. The number of benzene rings is 1. The van der Waals surface area contributed by atoms with Gasteiger partial charge in [0.1, 0.15) is 0 Å². The summed E-state index contributed by atoms with van der Waals surface area (Å²) in [4.78, 5) is 14.4. The molecule has 0 amide bonds. The van der Waals surface area contributed by atoms with Gasteiger partial charge in [0.2, 0.25) is 0 Å². The standard InChI is InChI=1S/C19H25NO2/c1-22-18(21)17-10-13-19(11-6-3-7-12-19)20(15-17)14-16-8-4-2-5-9-16/h2,4-5,8-10H,3,6-7,11-15H2,1H3. The number of rotatable bonds is 3. The van der Waals surface area contributed by atoms with Crippen LogP contribution in [0.15, 0.2) is 42.0 Å². The molecule has 118 valence electrons. The molecule has 0 aromatic heterocycles. The molecule has 1 spiro atoms. The van der Waals surface area contributed by atoms with Crippen LogP contribution in [-0.2, 0) is 16.1 Å². The van der Waals surface area contributed by atoms with E-state index in [1.807, 2.05) is 0 Å². The van der Waals surface area contributed by atoms with Gasteiger partial charge in [-0.1, -0.05) is 55.7 Å². The van der Waals surface area contributed by atoms with Crippen LogP contribution in [0.5, 0.6) is 0 Å². The fraction of sp³-hybridized carbons (Fsp3) is 0.526. The average molecular weight is 299 g/mol. The van der Waals surface area contributed by atoms with Crippen molar-refractivity contribution >= 4 is 5.97 Å². The van der Waals surface area contributed by atoms with Crippen LogP contribution in [-0.4, -0.2) is 30.1 Å². The zero-order valence-electron chi connectivity index (χ0n) is 13.4. The van der Waals surface area contributed by atoms with Crippen molar-refractivity contribution in [1.29, 1.82) is 0 Å². The second-order valence-corrected chi connectivity index (χ2v) is 6.55. The molecule has 0 atom stereocenters. The Morgan fingerprint density at radius 3 is 2.59 bits per heavy atom. The highest BCUT2D eigenvalue weighted by atomic mass is 16.5. The molecule has 1 saturated carbocycles. The number of carbonyl (C=O) groups is 1. The van der Waals surface area contributed by atoms with Gasteiger partial charge in [-0.3, -0.25) is 4.90 Å². The SMILES string of the molecule is COC(=O)C1=CCC2(CCCCC2)N(Cc2ccccc2)C1. The Morgan fingerprint density at radius 2 is 1.91 bits per heavy atom. The van der Waals surface area contributed by atoms with Crippen LogP contribution in [0.25, 0.3) is 0 Å². The minimum absolute atomic E-state index is 0.177. The molecule has 1 aliphatic heterocycles. The summed E-state index contributed by atoms with van der Waals surface area (Å²) in [5.41, 5.74) is 2.37. The second kappa shape index (κ2) is 6.66. The number of hydrogen-bond donors (Lipinski definition) is 0. The number of carbonyl (C=O) groups excluding carboxylic acids is 1. The van der Waals surface area contributed by atoms with E-state index in [9.17, 15) is 4.79 Å². The highest BCUT2D eigenvalue weighted by molar-refractivity contribution is 5.89. The average Bonchev–Trinajstić information content (AvgIpc) is 2.58. The molecule has 22 heavy (non-hydrogen) atoms. The van der Waals surface area contributed by atoms with Gasteiger partial charge in [-0.25, -0.2) is 4.79 Å². The van der Waals surface area contributed by atoms with Crippen molar-refractivity contribution in [2.75, 3.05) is 13.7 Å². The number of ether oxygens (including phenoxy) is 1. The maximum Gasteiger partial charge on any atom is 0.334 e. The minimum Gasteiger partial charge on any atom is -0.466 e. The molecule has 3 rings (SSSR count). The fourth-order valence-electron chi connectivity index (χ4n) is 3.92. The van der Waals surface area contributed by atoms with E-state index in [1.165, 1.54) is 44.8 Å². The lowest BCUT2D eigenvalue weighted by atomic mass is 9.75. The van der Waals surface area contributed by atoms with Crippen LogP contribution in [0, 0.1) is 0 Å². The molecule has 1 aromatic rings. The van der Waals surface area contributed by atoms with Crippen molar-refractivity contribution in [1.82, 2.24) is 4.90 Å². The van der Waals surface area contributed by atoms with Gasteiger partial charge in [0.25, 0.3) is 0 Å². The van der Waals surface area contributed by atoms with E-state index in [2.05, 4.69) is 41.3 Å². The predicted octanol–water partition coefficient (Wildman–Crippen LogP) is 3.69. The highest BCUT2D eigenvalue weighted by Crippen LogP contribution is 2.40. The fourth-order valence-corrected chi connectivity index (χ4v) is 3.92. The molecule has 1 heterocycles. The summed E-state index contributed by atoms with van der Waals surface area (Å²) in [6.07, 6.45) is 9.52. The summed E-state index contributed by atoms with van der Waals surface area (Å²) in [5, 5.41) is 0. The van der Waals surface area contributed by atoms with Crippen LogP contribution in [0.3, 0.4) is 0 Å². The third-order valence-corrected chi connectivity index (χ3v) is 5.21. The lowest BCUT2D eigenvalue weighted by molar-refractivity contribution is -0.137. The Morgan fingerprint density at radius 1 is 1.18 bits per heavy atom. The summed E-state index contributed by atoms with van der Waals surface area (Å²) in [7, 11) is 1.47. The van der Waals surface area contributed by atoms with E-state index < -0.39 is 0 Å². The predicted molar refractivity (Wildman–Crippen MR) is 87.4 cm³/mol. The summed E-state index contributed by atoms with van der Waals surface area (Å²) in [6.45, 7) is 1.62. The second-order valence-electron chi connectivity index (χ2n) is 6.55. The van der Waals surface area contributed by atoms with Crippen LogP contribution < -0.4 is 0 Å². The summed E-state index contributed by atoms with van der Waals surface area (Å²) < 4.78 is 4.93. The Hall–Kier alpha value is -1.61. The first-order chi connectivity index (χ1) is 10.7. The lowest BCUT2D eigenvalue weighted by Crippen LogP contribution is -2.52. The van der Waals surface area contributed by atoms with E-state index in [4.69, 9.17) is 4.74 Å². The summed E-state index contributed by atoms with van der Waals surface area (Å²) in [5.74, 6) is -0.177.